The van der Waals surface area contributed by atoms with Gasteiger partial charge in [-0.2, -0.15) is 0 Å². The Labute approximate surface area is 275 Å². The van der Waals surface area contributed by atoms with Crippen LogP contribution in [0.15, 0.2) is 152 Å². The van der Waals surface area contributed by atoms with E-state index in [1.54, 1.807) is 7.11 Å². The first kappa shape index (κ1) is 32.1. The van der Waals surface area contributed by atoms with Crippen LogP contribution in [0.2, 0.25) is 5.04 Å². The van der Waals surface area contributed by atoms with Crippen LogP contribution in [0.3, 0.4) is 0 Å². The quantitative estimate of drug-likeness (QED) is 0.116. The van der Waals surface area contributed by atoms with Gasteiger partial charge in [0.25, 0.3) is 8.32 Å². The Bertz CT molecular complexity index is 1500. The summed E-state index contributed by atoms with van der Waals surface area (Å²) < 4.78 is 27.5. The average Bonchev–Trinajstić information content (AvgIpc) is 3.11. The van der Waals surface area contributed by atoms with Gasteiger partial charge in [0.15, 0.2) is 12.6 Å². The smallest absolute Gasteiger partial charge is 0.261 e. The number of ether oxygens (including phenoxy) is 3. The van der Waals surface area contributed by atoms with Crippen molar-refractivity contribution >= 4 is 18.7 Å². The van der Waals surface area contributed by atoms with Crippen LogP contribution in [0, 0.1) is 0 Å². The first-order chi connectivity index (χ1) is 22.4. The number of rotatable bonds is 10. The lowest BCUT2D eigenvalue weighted by molar-refractivity contribution is -0.295. The van der Waals surface area contributed by atoms with Gasteiger partial charge in [-0.3, -0.25) is 0 Å². The molecule has 5 aromatic rings. The molecule has 0 aliphatic carbocycles. The first-order valence-corrected chi connectivity index (χ1v) is 18.1. The van der Waals surface area contributed by atoms with Crippen LogP contribution in [0.25, 0.3) is 0 Å². The summed E-state index contributed by atoms with van der Waals surface area (Å²) in [6, 6.07) is 52.9. The van der Waals surface area contributed by atoms with E-state index in [1.807, 2.05) is 18.2 Å². The van der Waals surface area contributed by atoms with E-state index < -0.39 is 26.5 Å². The van der Waals surface area contributed by atoms with Gasteiger partial charge in [-0.25, -0.2) is 0 Å². The SMILES string of the molecule is CO[C@@H]1C[C@@H](O[Si](c2ccccc2)(c2ccccc2)C(C)(C)C)C[C@@H](OC(c2ccccc2)(c2ccccc2)c2ccccc2)O1. The van der Waals surface area contributed by atoms with Gasteiger partial charge in [-0.15, -0.1) is 0 Å². The van der Waals surface area contributed by atoms with Crippen molar-refractivity contribution in [1.29, 1.82) is 0 Å². The van der Waals surface area contributed by atoms with Gasteiger partial charge in [0.05, 0.1) is 6.10 Å². The molecule has 0 spiro atoms. The predicted molar refractivity (Wildman–Crippen MR) is 188 cm³/mol. The van der Waals surface area contributed by atoms with Gasteiger partial charge >= 0.3 is 0 Å². The van der Waals surface area contributed by atoms with Crippen LogP contribution in [0.5, 0.6) is 0 Å². The Morgan fingerprint density at radius 2 is 0.913 bits per heavy atom. The minimum absolute atomic E-state index is 0.158. The number of hydrogen-bond donors (Lipinski definition) is 0. The zero-order chi connectivity index (χ0) is 32.0. The van der Waals surface area contributed by atoms with Gasteiger partial charge in [-0.05, 0) is 32.1 Å². The molecular formula is C41H44O4Si. The van der Waals surface area contributed by atoms with Crippen molar-refractivity contribution in [3.05, 3.63) is 168 Å². The Kier molecular flexibility index (Phi) is 9.69. The Hall–Kier alpha value is -3.84. The van der Waals surface area contributed by atoms with E-state index in [4.69, 9.17) is 18.6 Å². The molecule has 0 saturated carbocycles. The van der Waals surface area contributed by atoms with Crippen molar-refractivity contribution in [3.8, 4) is 0 Å². The van der Waals surface area contributed by atoms with Crippen molar-refractivity contribution in [2.45, 2.75) is 62.9 Å². The molecule has 0 bridgehead atoms. The van der Waals surface area contributed by atoms with Gasteiger partial charge in [-0.1, -0.05) is 172 Å². The van der Waals surface area contributed by atoms with Crippen LogP contribution in [-0.2, 0) is 24.2 Å². The maximum Gasteiger partial charge on any atom is 0.261 e. The van der Waals surface area contributed by atoms with Crippen molar-refractivity contribution in [2.75, 3.05) is 7.11 Å². The van der Waals surface area contributed by atoms with Crippen LogP contribution in [-0.4, -0.2) is 34.1 Å². The topological polar surface area (TPSA) is 36.9 Å². The van der Waals surface area contributed by atoms with Gasteiger partial charge in [0.2, 0.25) is 0 Å². The monoisotopic (exact) mass is 628 g/mol. The summed E-state index contributed by atoms with van der Waals surface area (Å²) in [6.45, 7) is 6.93. The van der Waals surface area contributed by atoms with Crippen molar-refractivity contribution < 1.29 is 18.6 Å². The summed E-state index contributed by atoms with van der Waals surface area (Å²) in [5, 5.41) is 2.34. The van der Waals surface area contributed by atoms with Gasteiger partial charge in [0, 0.05) is 20.0 Å². The van der Waals surface area contributed by atoms with Crippen LogP contribution in [0.1, 0.15) is 50.3 Å². The molecule has 1 fully saturated rings. The molecule has 1 saturated heterocycles. The van der Waals surface area contributed by atoms with E-state index in [9.17, 15) is 0 Å². The average molecular weight is 629 g/mol. The van der Waals surface area contributed by atoms with Crippen molar-refractivity contribution in [3.63, 3.8) is 0 Å². The second kappa shape index (κ2) is 13.9. The molecule has 236 valence electrons. The molecule has 1 aliphatic heterocycles. The first-order valence-electron chi connectivity index (χ1n) is 16.2. The molecule has 5 heteroatoms. The Morgan fingerprint density at radius 1 is 0.543 bits per heavy atom. The van der Waals surface area contributed by atoms with Crippen molar-refractivity contribution in [2.24, 2.45) is 0 Å². The molecule has 0 radical (unpaired) electrons. The fraction of sp³-hybridized carbons (Fsp3) is 0.268. The summed E-state index contributed by atoms with van der Waals surface area (Å²) in [5.41, 5.74) is 2.16. The van der Waals surface area contributed by atoms with E-state index in [0.717, 1.165) is 16.7 Å². The fourth-order valence-corrected chi connectivity index (χ4v) is 11.7. The lowest BCUT2D eigenvalue weighted by Gasteiger charge is -2.48. The molecule has 5 aromatic carbocycles. The molecular weight excluding hydrogens is 585 g/mol. The normalized spacial score (nSPS) is 19.1. The lowest BCUT2D eigenvalue weighted by Crippen LogP contribution is -2.68. The second-order valence-electron chi connectivity index (χ2n) is 13.0. The van der Waals surface area contributed by atoms with Gasteiger partial charge in [0.1, 0.15) is 5.60 Å². The maximum absolute atomic E-state index is 7.61. The molecule has 46 heavy (non-hydrogen) atoms. The molecule has 3 atom stereocenters. The molecule has 0 unspecified atom stereocenters. The van der Waals surface area contributed by atoms with Crippen LogP contribution in [0.4, 0.5) is 0 Å². The largest absolute Gasteiger partial charge is 0.404 e. The van der Waals surface area contributed by atoms with Gasteiger partial charge < -0.3 is 18.6 Å². The second-order valence-corrected chi connectivity index (χ2v) is 17.3. The van der Waals surface area contributed by atoms with E-state index >= 15 is 0 Å². The molecule has 1 aliphatic rings. The molecule has 0 N–H and O–H groups in total. The van der Waals surface area contributed by atoms with E-state index in [2.05, 4.69) is 154 Å². The summed E-state index contributed by atoms with van der Waals surface area (Å²) in [6.07, 6.45) is -0.103. The molecule has 4 nitrogen and oxygen atoms in total. The zero-order valence-corrected chi connectivity index (χ0v) is 28.2. The van der Waals surface area contributed by atoms with E-state index in [0.29, 0.717) is 12.8 Å². The summed E-state index contributed by atoms with van der Waals surface area (Å²) in [4.78, 5) is 0. The van der Waals surface area contributed by atoms with Crippen molar-refractivity contribution in [1.82, 2.24) is 0 Å². The molecule has 0 aromatic heterocycles. The number of methoxy groups -OCH3 is 1. The maximum atomic E-state index is 7.61. The minimum atomic E-state index is -2.83. The fourth-order valence-electron chi connectivity index (χ4n) is 6.99. The Morgan fingerprint density at radius 3 is 1.28 bits per heavy atom. The molecule has 1 heterocycles. The predicted octanol–water partition coefficient (Wildman–Crippen LogP) is 8.05. The summed E-state index contributed by atoms with van der Waals surface area (Å²) in [7, 11) is -1.13. The number of benzene rings is 5. The molecule has 0 amide bonds. The summed E-state index contributed by atoms with van der Waals surface area (Å²) >= 11 is 0. The Balaban J connectivity index is 1.44. The standard InChI is InChI=1S/C41H44O4Si/c1-40(2,3)46(36-26-16-8-17-27-36,37-28-18-9-19-29-37)45-35-30-38(42-4)43-39(31-35)44-41(32-20-10-5-11-21-32,33-22-12-6-13-23-33)34-24-14-7-15-25-34/h5-29,35,38-39H,30-31H2,1-4H3/t35-,38+,39-/m1/s1. The number of hydrogen-bond acceptors (Lipinski definition) is 4. The van der Waals surface area contributed by atoms with E-state index in [-0.39, 0.29) is 11.1 Å². The summed E-state index contributed by atoms with van der Waals surface area (Å²) in [5.74, 6) is 0. The van der Waals surface area contributed by atoms with E-state index in [1.165, 1.54) is 10.4 Å². The lowest BCUT2D eigenvalue weighted by atomic mass is 9.80. The highest BCUT2D eigenvalue weighted by Gasteiger charge is 2.53. The zero-order valence-electron chi connectivity index (χ0n) is 27.2. The third-order valence-electron chi connectivity index (χ3n) is 9.09. The minimum Gasteiger partial charge on any atom is -0.404 e. The third kappa shape index (κ3) is 6.26. The third-order valence-corrected chi connectivity index (χ3v) is 14.2. The highest BCUT2D eigenvalue weighted by atomic mass is 28.4. The molecule has 6 rings (SSSR count). The highest BCUT2D eigenvalue weighted by Crippen LogP contribution is 2.44. The van der Waals surface area contributed by atoms with Crippen LogP contribution >= 0.6 is 0 Å². The van der Waals surface area contributed by atoms with Crippen LogP contribution < -0.4 is 10.4 Å². The highest BCUT2D eigenvalue weighted by molar-refractivity contribution is 6.99.